The summed E-state index contributed by atoms with van der Waals surface area (Å²) in [6, 6.07) is 10.1. The van der Waals surface area contributed by atoms with E-state index in [-0.39, 0.29) is 11.8 Å². The number of carbonyl (C=O) groups is 1. The molecule has 5 nitrogen and oxygen atoms in total. The van der Waals surface area contributed by atoms with Crippen molar-refractivity contribution in [1.82, 2.24) is 10.2 Å². The van der Waals surface area contributed by atoms with Crippen LogP contribution in [0, 0.1) is 5.41 Å². The van der Waals surface area contributed by atoms with Gasteiger partial charge >= 0.3 is 0 Å². The van der Waals surface area contributed by atoms with E-state index < -0.39 is 5.41 Å². The minimum Gasteiger partial charge on any atom is -0.300 e. The molecule has 1 aromatic carbocycles. The van der Waals surface area contributed by atoms with E-state index in [0.29, 0.717) is 5.13 Å². The van der Waals surface area contributed by atoms with Crippen LogP contribution in [0.1, 0.15) is 32.3 Å². The highest BCUT2D eigenvalue weighted by Crippen LogP contribution is 2.43. The highest BCUT2D eigenvalue weighted by Gasteiger charge is 2.40. The third-order valence-electron chi connectivity index (χ3n) is 4.96. The summed E-state index contributed by atoms with van der Waals surface area (Å²) in [5.41, 5.74) is 5.04. The number of aliphatic imine (C=N–C) groups is 1. The predicted octanol–water partition coefficient (Wildman–Crippen LogP) is 4.80. The van der Waals surface area contributed by atoms with E-state index in [2.05, 4.69) is 44.8 Å². The van der Waals surface area contributed by atoms with Crippen molar-refractivity contribution in [1.29, 1.82) is 0 Å². The van der Waals surface area contributed by atoms with Gasteiger partial charge < -0.3 is 5.32 Å². The van der Waals surface area contributed by atoms with Gasteiger partial charge in [-0.3, -0.25) is 9.79 Å². The lowest BCUT2D eigenvalue weighted by Crippen LogP contribution is -2.37. The number of aromatic nitrogens is 2. The van der Waals surface area contributed by atoms with Gasteiger partial charge in [0.25, 0.3) is 0 Å². The molecule has 1 aromatic heterocycles. The summed E-state index contributed by atoms with van der Waals surface area (Å²) in [7, 11) is 1.79. The molecule has 0 bridgehead atoms. The maximum atomic E-state index is 13.2. The predicted molar refractivity (Wildman–Crippen MR) is 116 cm³/mol. The number of benzene rings is 1. The highest BCUT2D eigenvalue weighted by atomic mass is 32.1. The molecule has 0 aliphatic heterocycles. The first kappa shape index (κ1) is 19.9. The van der Waals surface area contributed by atoms with Crippen molar-refractivity contribution in [2.75, 3.05) is 12.4 Å². The molecule has 1 heterocycles. The van der Waals surface area contributed by atoms with Gasteiger partial charge in [0.15, 0.2) is 0 Å². The van der Waals surface area contributed by atoms with Gasteiger partial charge in [-0.2, -0.15) is 0 Å². The standard InChI is InChI=1S/C22H24N4OS/c1-5-15-13-17(11-12-18(15)23-4)19(16-9-7-6-8-10-16)22(2,3)20(27)25-21-26-24-14-28-21/h5-14,19H,1-4H3,(H,25,26,27)/b15-5-,23-18?. The van der Waals surface area contributed by atoms with Crippen LogP contribution < -0.4 is 5.32 Å². The Kier molecular flexibility index (Phi) is 5.99. The first-order chi connectivity index (χ1) is 13.5. The molecule has 0 saturated heterocycles. The van der Waals surface area contributed by atoms with Gasteiger partial charge in [-0.25, -0.2) is 0 Å². The molecular formula is C22H24N4OS. The lowest BCUT2D eigenvalue weighted by molar-refractivity contribution is -0.124. The van der Waals surface area contributed by atoms with Gasteiger partial charge in [0.2, 0.25) is 11.0 Å². The zero-order chi connectivity index (χ0) is 20.1. The van der Waals surface area contributed by atoms with E-state index in [9.17, 15) is 4.79 Å². The fourth-order valence-corrected chi connectivity index (χ4v) is 3.92. The second-order valence-corrected chi connectivity index (χ2v) is 7.93. The van der Waals surface area contributed by atoms with Crippen molar-refractivity contribution in [2.24, 2.45) is 10.4 Å². The minimum absolute atomic E-state index is 0.0932. The second kappa shape index (κ2) is 8.44. The van der Waals surface area contributed by atoms with Gasteiger partial charge in [0, 0.05) is 13.0 Å². The number of nitrogens with one attached hydrogen (secondary N) is 1. The normalized spacial score (nSPS) is 18.2. The molecule has 1 aliphatic carbocycles. The van der Waals surface area contributed by atoms with E-state index >= 15 is 0 Å². The molecule has 1 atom stereocenters. The zero-order valence-corrected chi connectivity index (χ0v) is 17.3. The first-order valence-corrected chi connectivity index (χ1v) is 10.0. The van der Waals surface area contributed by atoms with Crippen LogP contribution in [0.4, 0.5) is 5.13 Å². The number of anilines is 1. The molecular weight excluding hydrogens is 368 g/mol. The van der Waals surface area contributed by atoms with E-state index in [1.165, 1.54) is 11.3 Å². The Morgan fingerprint density at radius 1 is 1.25 bits per heavy atom. The van der Waals surface area contributed by atoms with E-state index in [1.54, 1.807) is 12.6 Å². The van der Waals surface area contributed by atoms with Crippen molar-refractivity contribution in [3.8, 4) is 0 Å². The monoisotopic (exact) mass is 392 g/mol. The molecule has 3 rings (SSSR count). The molecule has 28 heavy (non-hydrogen) atoms. The van der Waals surface area contributed by atoms with Crippen LogP contribution >= 0.6 is 11.3 Å². The Labute approximate surface area is 169 Å². The minimum atomic E-state index is -0.719. The summed E-state index contributed by atoms with van der Waals surface area (Å²) in [5, 5.41) is 11.2. The molecule has 1 unspecified atom stereocenters. The van der Waals surface area contributed by atoms with Gasteiger partial charge in [0.1, 0.15) is 5.51 Å². The number of amides is 1. The van der Waals surface area contributed by atoms with Crippen molar-refractivity contribution in [3.05, 3.63) is 76.9 Å². The SMILES string of the molecule is C/C=C1/C=C(C(c2ccccc2)C(C)(C)C(=O)Nc2nncs2)C=CC1=NC. The number of nitrogens with zero attached hydrogens (tertiary/aromatic N) is 3. The van der Waals surface area contributed by atoms with Gasteiger partial charge in [-0.1, -0.05) is 67.7 Å². The van der Waals surface area contributed by atoms with Crippen LogP contribution in [0.3, 0.4) is 0 Å². The van der Waals surface area contributed by atoms with Crippen molar-refractivity contribution in [3.63, 3.8) is 0 Å². The quantitative estimate of drug-likeness (QED) is 0.795. The fraction of sp³-hybridized carbons (Fsp3) is 0.273. The Morgan fingerprint density at radius 2 is 2.00 bits per heavy atom. The Balaban J connectivity index is 2.04. The van der Waals surface area contributed by atoms with Crippen LogP contribution in [0.15, 0.2) is 76.3 Å². The van der Waals surface area contributed by atoms with Crippen LogP contribution in [0.5, 0.6) is 0 Å². The number of carbonyl (C=O) groups excluding carboxylic acids is 1. The van der Waals surface area contributed by atoms with Gasteiger partial charge in [-0.05, 0) is 35.8 Å². The lowest BCUT2D eigenvalue weighted by atomic mass is 9.69. The van der Waals surface area contributed by atoms with Crippen LogP contribution in [0.25, 0.3) is 0 Å². The summed E-state index contributed by atoms with van der Waals surface area (Å²) < 4.78 is 0. The zero-order valence-electron chi connectivity index (χ0n) is 16.5. The summed E-state index contributed by atoms with van der Waals surface area (Å²) in [5.74, 6) is -0.226. The smallest absolute Gasteiger partial charge is 0.232 e. The van der Waals surface area contributed by atoms with Crippen molar-refractivity contribution >= 4 is 28.1 Å². The average molecular weight is 393 g/mol. The average Bonchev–Trinajstić information content (AvgIpc) is 3.21. The van der Waals surface area contributed by atoms with Gasteiger partial charge in [0.05, 0.1) is 11.1 Å². The molecule has 2 aromatic rings. The summed E-state index contributed by atoms with van der Waals surface area (Å²) in [4.78, 5) is 17.5. The molecule has 0 saturated carbocycles. The van der Waals surface area contributed by atoms with Crippen LogP contribution in [-0.2, 0) is 4.79 Å². The van der Waals surface area contributed by atoms with E-state index in [1.807, 2.05) is 51.1 Å². The van der Waals surface area contributed by atoms with Crippen molar-refractivity contribution < 1.29 is 4.79 Å². The van der Waals surface area contributed by atoms with Gasteiger partial charge in [-0.15, -0.1) is 10.2 Å². The second-order valence-electron chi connectivity index (χ2n) is 7.09. The molecule has 1 aliphatic rings. The van der Waals surface area contributed by atoms with E-state index in [0.717, 1.165) is 22.4 Å². The van der Waals surface area contributed by atoms with E-state index in [4.69, 9.17) is 0 Å². The maximum absolute atomic E-state index is 13.2. The molecule has 0 fully saturated rings. The lowest BCUT2D eigenvalue weighted by Gasteiger charge is -2.35. The molecule has 1 amide bonds. The van der Waals surface area contributed by atoms with Crippen LogP contribution in [0.2, 0.25) is 0 Å². The molecule has 0 radical (unpaired) electrons. The maximum Gasteiger partial charge on any atom is 0.232 e. The number of hydrogen-bond donors (Lipinski definition) is 1. The summed E-state index contributed by atoms with van der Waals surface area (Å²) in [6.45, 7) is 5.93. The Hall–Kier alpha value is -2.86. The number of rotatable bonds is 5. The third kappa shape index (κ3) is 4.02. The molecule has 1 N–H and O–H groups in total. The Morgan fingerprint density at radius 3 is 2.61 bits per heavy atom. The fourth-order valence-electron chi connectivity index (χ4n) is 3.48. The molecule has 0 spiro atoms. The molecule has 6 heteroatoms. The Bertz CT molecular complexity index is 954. The topological polar surface area (TPSA) is 67.2 Å². The van der Waals surface area contributed by atoms with Crippen LogP contribution in [-0.4, -0.2) is 28.9 Å². The number of hydrogen-bond acceptors (Lipinski definition) is 5. The van der Waals surface area contributed by atoms with Crippen molar-refractivity contribution in [2.45, 2.75) is 26.7 Å². The molecule has 144 valence electrons. The summed E-state index contributed by atoms with van der Waals surface area (Å²) >= 11 is 1.31. The first-order valence-electron chi connectivity index (χ1n) is 9.13. The summed E-state index contributed by atoms with van der Waals surface area (Å²) in [6.07, 6.45) is 8.24. The highest BCUT2D eigenvalue weighted by molar-refractivity contribution is 7.13. The number of allylic oxidation sites excluding steroid dienone is 6. The largest absolute Gasteiger partial charge is 0.300 e. The third-order valence-corrected chi connectivity index (χ3v) is 5.56.